The molecule has 0 aromatic carbocycles. The van der Waals surface area contributed by atoms with Crippen LogP contribution in [-0.4, -0.2) is 13.1 Å². The van der Waals surface area contributed by atoms with E-state index in [0.717, 1.165) is 11.3 Å². The van der Waals surface area contributed by atoms with Gasteiger partial charge in [-0.25, -0.2) is 0 Å². The highest BCUT2D eigenvalue weighted by Gasteiger charge is 2.38. The summed E-state index contributed by atoms with van der Waals surface area (Å²) < 4.78 is 0. The summed E-state index contributed by atoms with van der Waals surface area (Å²) in [5.41, 5.74) is 0.784. The van der Waals surface area contributed by atoms with Crippen LogP contribution in [0.3, 0.4) is 0 Å². The second-order valence-corrected chi connectivity index (χ2v) is 4.77. The van der Waals surface area contributed by atoms with Crippen molar-refractivity contribution in [3.63, 3.8) is 0 Å². The summed E-state index contributed by atoms with van der Waals surface area (Å²) in [5.74, 6) is 1.06. The molecule has 2 rings (SSSR count). The van der Waals surface area contributed by atoms with Crippen molar-refractivity contribution in [3.05, 3.63) is 0 Å². The van der Waals surface area contributed by atoms with E-state index in [1.807, 2.05) is 13.8 Å². The molecule has 1 saturated carbocycles. The molecule has 84 valence electrons. The first kappa shape index (κ1) is 12.0. The van der Waals surface area contributed by atoms with Crippen LogP contribution in [0.5, 0.6) is 0 Å². The summed E-state index contributed by atoms with van der Waals surface area (Å²) in [6.45, 7) is 8.90. The van der Waals surface area contributed by atoms with Crippen LogP contribution in [0.25, 0.3) is 0 Å². The first-order valence-electron chi connectivity index (χ1n) is 6.55. The van der Waals surface area contributed by atoms with Crippen LogP contribution in [0.15, 0.2) is 0 Å². The van der Waals surface area contributed by atoms with Crippen LogP contribution >= 0.6 is 0 Å². The molecule has 0 radical (unpaired) electrons. The van der Waals surface area contributed by atoms with Crippen molar-refractivity contribution >= 4 is 0 Å². The van der Waals surface area contributed by atoms with E-state index in [1.165, 1.54) is 51.6 Å². The zero-order valence-electron chi connectivity index (χ0n) is 10.2. The van der Waals surface area contributed by atoms with Crippen molar-refractivity contribution in [2.24, 2.45) is 11.3 Å². The average Bonchev–Trinajstić information content (AvgIpc) is 2.66. The average molecular weight is 197 g/mol. The molecule has 1 N–H and O–H groups in total. The lowest BCUT2D eigenvalue weighted by Crippen LogP contribution is -2.35. The molecule has 0 amide bonds. The maximum absolute atomic E-state index is 3.47. The summed E-state index contributed by atoms with van der Waals surface area (Å²) in [7, 11) is 0. The van der Waals surface area contributed by atoms with Gasteiger partial charge in [-0.3, -0.25) is 0 Å². The molecule has 1 nitrogen and oxygen atoms in total. The molecule has 0 bridgehead atoms. The molecular formula is C13H27N. The van der Waals surface area contributed by atoms with Crippen LogP contribution in [-0.2, 0) is 0 Å². The van der Waals surface area contributed by atoms with Gasteiger partial charge in [-0.2, -0.15) is 0 Å². The molecule has 2 fully saturated rings. The van der Waals surface area contributed by atoms with E-state index in [4.69, 9.17) is 0 Å². The molecule has 0 aromatic rings. The molecule has 14 heavy (non-hydrogen) atoms. The highest BCUT2D eigenvalue weighted by molar-refractivity contribution is 4.91. The van der Waals surface area contributed by atoms with Gasteiger partial charge in [0.15, 0.2) is 0 Å². The fourth-order valence-corrected chi connectivity index (χ4v) is 3.09. The monoisotopic (exact) mass is 197 g/mol. The molecular weight excluding hydrogens is 170 g/mol. The highest BCUT2D eigenvalue weighted by atomic mass is 14.9. The quantitative estimate of drug-likeness (QED) is 0.677. The van der Waals surface area contributed by atoms with Crippen molar-refractivity contribution < 1.29 is 0 Å². The summed E-state index contributed by atoms with van der Waals surface area (Å²) in [6, 6.07) is 0. The lowest BCUT2D eigenvalue weighted by Gasteiger charge is -2.34. The van der Waals surface area contributed by atoms with E-state index in [1.54, 1.807) is 0 Å². The van der Waals surface area contributed by atoms with E-state index >= 15 is 0 Å². The van der Waals surface area contributed by atoms with Crippen molar-refractivity contribution in [1.29, 1.82) is 0 Å². The number of rotatable bonds is 1. The summed E-state index contributed by atoms with van der Waals surface area (Å²) >= 11 is 0. The lowest BCUT2D eigenvalue weighted by molar-refractivity contribution is 0.201. The number of piperidine rings is 1. The van der Waals surface area contributed by atoms with Gasteiger partial charge in [0.05, 0.1) is 0 Å². The van der Waals surface area contributed by atoms with Gasteiger partial charge in [-0.1, -0.05) is 27.2 Å². The molecule has 1 atom stereocenters. The normalized spacial score (nSPS) is 29.8. The largest absolute Gasteiger partial charge is 0.317 e. The van der Waals surface area contributed by atoms with Gasteiger partial charge < -0.3 is 5.32 Å². The van der Waals surface area contributed by atoms with Gasteiger partial charge in [0.2, 0.25) is 0 Å². The van der Waals surface area contributed by atoms with Crippen molar-refractivity contribution in [1.82, 2.24) is 5.32 Å². The van der Waals surface area contributed by atoms with Crippen LogP contribution in [0.2, 0.25) is 0 Å². The second-order valence-electron chi connectivity index (χ2n) is 4.77. The molecule has 1 heterocycles. The third-order valence-electron chi connectivity index (χ3n) is 4.05. The van der Waals surface area contributed by atoms with E-state index in [-0.39, 0.29) is 0 Å². The van der Waals surface area contributed by atoms with E-state index in [0.29, 0.717) is 0 Å². The Hall–Kier alpha value is -0.0400. The first-order valence-corrected chi connectivity index (χ1v) is 6.55. The predicted molar refractivity (Wildman–Crippen MR) is 63.5 cm³/mol. The Morgan fingerprint density at radius 1 is 1.14 bits per heavy atom. The van der Waals surface area contributed by atoms with E-state index < -0.39 is 0 Å². The maximum Gasteiger partial charge on any atom is -0.00436 e. The van der Waals surface area contributed by atoms with Crippen molar-refractivity contribution in [2.45, 2.75) is 59.3 Å². The third-order valence-corrected chi connectivity index (χ3v) is 4.05. The minimum absolute atomic E-state index is 0.784. The molecule has 1 spiro atoms. The van der Waals surface area contributed by atoms with Crippen molar-refractivity contribution in [3.8, 4) is 0 Å². The number of hydrogen-bond acceptors (Lipinski definition) is 1. The fraction of sp³-hybridized carbons (Fsp3) is 1.00. The molecule has 1 heteroatoms. The Kier molecular flexibility index (Phi) is 4.94. The minimum Gasteiger partial charge on any atom is -0.317 e. The van der Waals surface area contributed by atoms with Gasteiger partial charge in [-0.05, 0) is 56.5 Å². The van der Waals surface area contributed by atoms with E-state index in [2.05, 4.69) is 12.2 Å². The highest BCUT2D eigenvalue weighted by Crippen LogP contribution is 2.48. The standard InChI is InChI=1S/C11H21N.C2H6/c1-2-10-3-4-11(9-10)5-7-12-8-6-11;1-2/h10,12H,2-9H2,1H3;1-2H3. The van der Waals surface area contributed by atoms with Gasteiger partial charge in [-0.15, -0.1) is 0 Å². The maximum atomic E-state index is 3.47. The Morgan fingerprint density at radius 2 is 1.79 bits per heavy atom. The zero-order chi connectivity index (χ0) is 10.4. The Balaban J connectivity index is 0.000000461. The molecule has 1 unspecified atom stereocenters. The van der Waals surface area contributed by atoms with Gasteiger partial charge in [0, 0.05) is 0 Å². The molecule has 1 saturated heterocycles. The van der Waals surface area contributed by atoms with Gasteiger partial charge in [0.25, 0.3) is 0 Å². The van der Waals surface area contributed by atoms with Crippen LogP contribution < -0.4 is 5.32 Å². The fourth-order valence-electron chi connectivity index (χ4n) is 3.09. The predicted octanol–water partition coefficient (Wildman–Crippen LogP) is 3.59. The van der Waals surface area contributed by atoms with Crippen LogP contribution in [0.1, 0.15) is 59.3 Å². The topological polar surface area (TPSA) is 12.0 Å². The number of hydrogen-bond donors (Lipinski definition) is 1. The SMILES string of the molecule is CC.CCC1CCC2(CCNCC2)C1. The Labute approximate surface area is 89.7 Å². The first-order chi connectivity index (χ1) is 6.85. The molecule has 0 aromatic heterocycles. The summed E-state index contributed by atoms with van der Waals surface area (Å²) in [5, 5.41) is 3.47. The van der Waals surface area contributed by atoms with Crippen LogP contribution in [0, 0.1) is 11.3 Å². The van der Waals surface area contributed by atoms with E-state index in [9.17, 15) is 0 Å². The zero-order valence-corrected chi connectivity index (χ0v) is 10.2. The summed E-state index contributed by atoms with van der Waals surface area (Å²) in [4.78, 5) is 0. The molecule has 1 aliphatic heterocycles. The summed E-state index contributed by atoms with van der Waals surface area (Å²) in [6.07, 6.45) is 8.87. The van der Waals surface area contributed by atoms with Gasteiger partial charge in [0.1, 0.15) is 0 Å². The lowest BCUT2D eigenvalue weighted by atomic mass is 9.77. The Morgan fingerprint density at radius 3 is 2.29 bits per heavy atom. The Bertz CT molecular complexity index is 147. The third kappa shape index (κ3) is 2.73. The van der Waals surface area contributed by atoms with Crippen LogP contribution in [0.4, 0.5) is 0 Å². The van der Waals surface area contributed by atoms with Crippen molar-refractivity contribution in [2.75, 3.05) is 13.1 Å². The molecule has 2 aliphatic rings. The van der Waals surface area contributed by atoms with Gasteiger partial charge >= 0.3 is 0 Å². The molecule has 1 aliphatic carbocycles. The second kappa shape index (κ2) is 5.75. The number of nitrogens with one attached hydrogen (secondary N) is 1. The smallest absolute Gasteiger partial charge is 0.00436 e. The minimum atomic E-state index is 0.784.